The molecule has 2 heterocycles. The predicted molar refractivity (Wildman–Crippen MR) is 114 cm³/mol. The summed E-state index contributed by atoms with van der Waals surface area (Å²) < 4.78 is 11.3. The highest BCUT2D eigenvalue weighted by Crippen LogP contribution is 2.27. The molecule has 2 amide bonds. The number of carbonyl (C=O) groups excluding carboxylic acids is 2. The number of nitrogens with zero attached hydrogens (tertiary/aromatic N) is 3. The van der Waals surface area contributed by atoms with Crippen LogP contribution in [-0.2, 0) is 14.3 Å². The molecule has 0 aromatic carbocycles. The molecule has 1 saturated heterocycles. The summed E-state index contributed by atoms with van der Waals surface area (Å²) in [5.74, 6) is 1.09. The van der Waals surface area contributed by atoms with E-state index in [1.54, 1.807) is 0 Å². The molecule has 0 radical (unpaired) electrons. The van der Waals surface area contributed by atoms with Gasteiger partial charge in [0.1, 0.15) is 6.04 Å². The SMILES string of the molecule is CC.CC(=O)NC(C(=O)N1CCC(c2nnco2)CC1)C(C)OCC1CCCCC1. The van der Waals surface area contributed by atoms with E-state index in [2.05, 4.69) is 15.5 Å². The van der Waals surface area contributed by atoms with Crippen LogP contribution in [0.4, 0.5) is 0 Å². The summed E-state index contributed by atoms with van der Waals surface area (Å²) in [4.78, 5) is 26.6. The van der Waals surface area contributed by atoms with Gasteiger partial charge in [-0.25, -0.2) is 0 Å². The van der Waals surface area contributed by atoms with E-state index in [0.717, 1.165) is 12.8 Å². The van der Waals surface area contributed by atoms with Crippen molar-refractivity contribution in [2.75, 3.05) is 19.7 Å². The fraction of sp³-hybridized carbons (Fsp3) is 0.818. The van der Waals surface area contributed by atoms with E-state index in [0.29, 0.717) is 31.5 Å². The molecule has 1 aromatic rings. The van der Waals surface area contributed by atoms with Crippen molar-refractivity contribution >= 4 is 11.8 Å². The van der Waals surface area contributed by atoms with Crippen molar-refractivity contribution in [2.24, 2.45) is 5.92 Å². The third-order valence-corrected chi connectivity index (χ3v) is 5.95. The van der Waals surface area contributed by atoms with Crippen LogP contribution in [0.15, 0.2) is 10.8 Å². The molecule has 8 heteroatoms. The van der Waals surface area contributed by atoms with Gasteiger partial charge in [-0.3, -0.25) is 9.59 Å². The van der Waals surface area contributed by atoms with Gasteiger partial charge in [-0.05, 0) is 38.5 Å². The molecule has 1 aliphatic heterocycles. The zero-order valence-electron chi connectivity index (χ0n) is 18.9. The van der Waals surface area contributed by atoms with Gasteiger partial charge in [0, 0.05) is 32.5 Å². The average Bonchev–Trinajstić information content (AvgIpc) is 3.32. The molecule has 0 spiro atoms. The Morgan fingerprint density at radius 3 is 2.43 bits per heavy atom. The lowest BCUT2D eigenvalue weighted by molar-refractivity contribution is -0.141. The number of rotatable bonds is 7. The van der Waals surface area contributed by atoms with Gasteiger partial charge in [0.2, 0.25) is 24.1 Å². The van der Waals surface area contributed by atoms with E-state index >= 15 is 0 Å². The monoisotopic (exact) mass is 422 g/mol. The second kappa shape index (κ2) is 12.7. The maximum atomic E-state index is 13.1. The molecule has 1 N–H and O–H groups in total. The highest BCUT2D eigenvalue weighted by molar-refractivity contribution is 5.87. The highest BCUT2D eigenvalue weighted by Gasteiger charge is 2.34. The Labute approximate surface area is 180 Å². The van der Waals surface area contributed by atoms with Gasteiger partial charge in [0.05, 0.1) is 6.10 Å². The van der Waals surface area contributed by atoms with Gasteiger partial charge in [0.15, 0.2) is 0 Å². The molecule has 30 heavy (non-hydrogen) atoms. The average molecular weight is 423 g/mol. The molecular formula is C22H38N4O4. The largest absolute Gasteiger partial charge is 0.428 e. The first-order valence-corrected chi connectivity index (χ1v) is 11.5. The van der Waals surface area contributed by atoms with Crippen LogP contribution in [0, 0.1) is 5.92 Å². The van der Waals surface area contributed by atoms with E-state index in [9.17, 15) is 9.59 Å². The minimum Gasteiger partial charge on any atom is -0.428 e. The molecule has 0 bridgehead atoms. The molecule has 1 aromatic heterocycles. The Kier molecular flexibility index (Phi) is 10.3. The molecule has 170 valence electrons. The van der Waals surface area contributed by atoms with Crippen molar-refractivity contribution in [2.45, 2.75) is 90.7 Å². The van der Waals surface area contributed by atoms with Crippen molar-refractivity contribution in [1.29, 1.82) is 0 Å². The van der Waals surface area contributed by atoms with E-state index in [-0.39, 0.29) is 23.8 Å². The summed E-state index contributed by atoms with van der Waals surface area (Å²) in [5, 5.41) is 10.5. The number of likely N-dealkylation sites (tertiary alicyclic amines) is 1. The summed E-state index contributed by atoms with van der Waals surface area (Å²) in [6.45, 7) is 9.20. The number of carbonyl (C=O) groups is 2. The Hall–Kier alpha value is -1.96. The van der Waals surface area contributed by atoms with E-state index in [4.69, 9.17) is 9.15 Å². The Balaban J connectivity index is 0.00000155. The molecule has 1 saturated carbocycles. The lowest BCUT2D eigenvalue weighted by Gasteiger charge is -2.35. The summed E-state index contributed by atoms with van der Waals surface area (Å²) in [6.07, 6.45) is 8.73. The molecule has 3 rings (SSSR count). The van der Waals surface area contributed by atoms with Crippen LogP contribution in [0.5, 0.6) is 0 Å². The number of aromatic nitrogens is 2. The van der Waals surface area contributed by atoms with E-state index < -0.39 is 6.04 Å². The van der Waals surface area contributed by atoms with Crippen molar-refractivity contribution in [3.8, 4) is 0 Å². The normalized spacial score (nSPS) is 20.1. The van der Waals surface area contributed by atoms with Crippen LogP contribution in [0.1, 0.15) is 84.4 Å². The molecule has 2 unspecified atom stereocenters. The smallest absolute Gasteiger partial charge is 0.247 e. The van der Waals surface area contributed by atoms with Gasteiger partial charge in [-0.15, -0.1) is 10.2 Å². The molecule has 2 aliphatic rings. The minimum absolute atomic E-state index is 0.0738. The van der Waals surface area contributed by atoms with Gasteiger partial charge < -0.3 is 19.4 Å². The molecule has 2 atom stereocenters. The van der Waals surface area contributed by atoms with E-state index in [1.807, 2.05) is 25.7 Å². The third-order valence-electron chi connectivity index (χ3n) is 5.95. The quantitative estimate of drug-likeness (QED) is 0.724. The summed E-state index contributed by atoms with van der Waals surface area (Å²) in [5.41, 5.74) is 0. The van der Waals surface area contributed by atoms with Crippen molar-refractivity contribution in [3.63, 3.8) is 0 Å². The maximum absolute atomic E-state index is 13.1. The zero-order chi connectivity index (χ0) is 21.9. The molecule has 8 nitrogen and oxygen atoms in total. The predicted octanol–water partition coefficient (Wildman–Crippen LogP) is 3.29. The van der Waals surface area contributed by atoms with Gasteiger partial charge in [-0.2, -0.15) is 0 Å². The van der Waals surface area contributed by atoms with Gasteiger partial charge >= 0.3 is 0 Å². The van der Waals surface area contributed by atoms with E-state index in [1.165, 1.54) is 45.4 Å². The third kappa shape index (κ3) is 7.07. The first kappa shape index (κ1) is 24.3. The van der Waals surface area contributed by atoms with Crippen LogP contribution in [-0.4, -0.2) is 58.8 Å². The van der Waals surface area contributed by atoms with Crippen LogP contribution in [0.2, 0.25) is 0 Å². The van der Waals surface area contributed by atoms with Crippen molar-refractivity contribution in [3.05, 3.63) is 12.3 Å². The lowest BCUT2D eigenvalue weighted by Crippen LogP contribution is -2.55. The van der Waals surface area contributed by atoms with Crippen LogP contribution in [0.25, 0.3) is 0 Å². The minimum atomic E-state index is -0.652. The topological polar surface area (TPSA) is 97.6 Å². The molecular weight excluding hydrogens is 384 g/mol. The highest BCUT2D eigenvalue weighted by atomic mass is 16.5. The Bertz CT molecular complexity index is 623. The fourth-order valence-corrected chi connectivity index (χ4v) is 4.24. The summed E-state index contributed by atoms with van der Waals surface area (Å²) in [7, 11) is 0. The summed E-state index contributed by atoms with van der Waals surface area (Å²) >= 11 is 0. The number of piperidine rings is 1. The lowest BCUT2D eigenvalue weighted by atomic mass is 9.90. The number of nitrogens with one attached hydrogen (secondary N) is 1. The Morgan fingerprint density at radius 2 is 1.87 bits per heavy atom. The zero-order valence-corrected chi connectivity index (χ0v) is 18.9. The maximum Gasteiger partial charge on any atom is 0.247 e. The first-order chi connectivity index (χ1) is 14.5. The van der Waals surface area contributed by atoms with Gasteiger partial charge in [0.25, 0.3) is 0 Å². The number of hydrogen-bond donors (Lipinski definition) is 1. The molecule has 2 fully saturated rings. The van der Waals surface area contributed by atoms with Crippen molar-refractivity contribution < 1.29 is 18.7 Å². The van der Waals surface area contributed by atoms with Crippen LogP contribution < -0.4 is 5.32 Å². The standard InChI is InChI=1S/C20H32N4O4.C2H6/c1-14(27-12-16-6-4-3-5-7-16)18(22-15(2)25)20(26)24-10-8-17(9-11-24)19-23-21-13-28-19;1-2/h13-14,16-18H,3-12H2,1-2H3,(H,22,25);1-2H3. The van der Waals surface area contributed by atoms with Gasteiger partial charge in [-0.1, -0.05) is 33.1 Å². The number of hydrogen-bond acceptors (Lipinski definition) is 6. The number of amides is 2. The second-order valence-electron chi connectivity index (χ2n) is 8.10. The second-order valence-corrected chi connectivity index (χ2v) is 8.10. The first-order valence-electron chi connectivity index (χ1n) is 11.5. The number of ether oxygens (including phenoxy) is 1. The van der Waals surface area contributed by atoms with Crippen LogP contribution >= 0.6 is 0 Å². The van der Waals surface area contributed by atoms with Crippen molar-refractivity contribution in [1.82, 2.24) is 20.4 Å². The van der Waals surface area contributed by atoms with Crippen LogP contribution in [0.3, 0.4) is 0 Å². The fourth-order valence-electron chi connectivity index (χ4n) is 4.24. The molecule has 1 aliphatic carbocycles. The Morgan fingerprint density at radius 1 is 1.20 bits per heavy atom. The summed E-state index contributed by atoms with van der Waals surface area (Å²) in [6, 6.07) is -0.652.